The van der Waals surface area contributed by atoms with Crippen molar-refractivity contribution in [3.63, 3.8) is 0 Å². The minimum absolute atomic E-state index is 0.0134. The number of nitrogens with one attached hydrogen (secondary N) is 5. The van der Waals surface area contributed by atoms with E-state index >= 15 is 0 Å². The number of hydrogen-bond acceptors (Lipinski definition) is 20. The molecular formula is C80H100N30O5. The van der Waals surface area contributed by atoms with Gasteiger partial charge in [0.2, 0.25) is 0 Å². The molecule has 5 amide bonds. The fraction of sp³-hybridized carbons (Fsp3) is 0.500. The van der Waals surface area contributed by atoms with Gasteiger partial charge in [0.05, 0.1) is 58.5 Å². The van der Waals surface area contributed by atoms with Gasteiger partial charge in [-0.1, -0.05) is 34.4 Å². The molecule has 5 aliphatic heterocycles. The number of fused-ring (bicyclic) bond motifs is 5. The SMILES string of the molecule is [2H]c1nc(N(C)[C@@]2([2H])CN(C(=O)C[N+]#[C-])CC[C@@]2([2H])C([2H])([2H])[2H])c2cc[nH]c2n1.[2H]c1nc(N([C@H]2CN(C(=O)C[N+]#[C-])CC[C@@]2([2H])C([2H])([2H])[2H])C([2H])([2H])[2H])c2cc[nH]c2n1.[2H]c1nc(N([C@H]2CN(C(=O)C[N+]#[C-])CC[C@@]2([2H])C)C([2H])([2H])[2H])c2cc[nH]c2n1.[2H]c1nc(N([C@H]2CN(C(=O)C[N+]#[C-])CC[C@H]2C([2H])([2H])[2H])C([2H])([2H])[2H])c2cc[nH]c2n1.[2H]c1nc(N([C@H]2CN(C(=O)C[N+]#[C-])CC[C@H]2C)C([2H])([2H])[2H])c2cc[nH]c2n1. The number of H-pyrrole nitrogens is 5. The Kier molecular flexibility index (Phi) is 17.2. The maximum absolute atomic E-state index is 12.3. The average Bonchev–Trinajstić information content (AvgIpc) is 1.16. The van der Waals surface area contributed by atoms with Crippen LogP contribution in [0.1, 0.15) is 108 Å². The summed E-state index contributed by atoms with van der Waals surface area (Å²) in [6.07, 6.45) is 6.25. The van der Waals surface area contributed by atoms with Crippen molar-refractivity contribution >= 4 is 114 Å². The molecule has 0 bridgehead atoms. The number of amides is 5. The van der Waals surface area contributed by atoms with E-state index < -0.39 is 165 Å². The average molecular weight is 1590 g/mol. The van der Waals surface area contributed by atoms with Crippen LogP contribution in [0, 0.1) is 62.4 Å². The van der Waals surface area contributed by atoms with Crippen LogP contribution in [0.15, 0.2) is 92.8 Å². The lowest BCUT2D eigenvalue weighted by Gasteiger charge is -2.41. The van der Waals surface area contributed by atoms with Gasteiger partial charge in [0, 0.05) is 164 Å². The van der Waals surface area contributed by atoms with E-state index in [9.17, 15) is 24.0 Å². The predicted octanol–water partition coefficient (Wildman–Crippen LogP) is 7.75. The summed E-state index contributed by atoms with van der Waals surface area (Å²) >= 11 is 0. The molecule has 5 fully saturated rings. The molecule has 10 aromatic rings. The second kappa shape index (κ2) is 38.4. The molecule has 600 valence electrons. The molecule has 0 radical (unpaired) electrons. The van der Waals surface area contributed by atoms with E-state index in [-0.39, 0.29) is 168 Å². The Hall–Kier alpha value is -13.1. The highest BCUT2D eigenvalue weighted by molar-refractivity contribution is 5.91. The zero-order chi connectivity index (χ0) is 108. The van der Waals surface area contributed by atoms with Crippen LogP contribution in [-0.4, -0.2) is 292 Å². The van der Waals surface area contributed by atoms with Gasteiger partial charge in [0.1, 0.15) is 95.7 Å². The van der Waals surface area contributed by atoms with Crippen molar-refractivity contribution in [1.29, 1.82) is 0 Å². The van der Waals surface area contributed by atoms with Crippen molar-refractivity contribution in [2.75, 3.05) is 158 Å². The predicted molar refractivity (Wildman–Crippen MR) is 440 cm³/mol. The number of anilines is 5. The summed E-state index contributed by atoms with van der Waals surface area (Å²) in [7, 11) is 1.43. The smallest absolute Gasteiger partial charge is 0.302 e. The van der Waals surface area contributed by atoms with Gasteiger partial charge in [-0.25, -0.2) is 82.7 Å². The summed E-state index contributed by atoms with van der Waals surface area (Å²) in [6.45, 7) is 17.1. The first-order valence-corrected chi connectivity index (χ1v) is 36.0. The van der Waals surface area contributed by atoms with Crippen LogP contribution in [0.3, 0.4) is 0 Å². The van der Waals surface area contributed by atoms with Crippen molar-refractivity contribution in [2.45, 2.75) is 96.7 Å². The number of nitrogens with zero attached hydrogens (tertiary/aromatic N) is 25. The number of carbonyl (C=O) groups is 5. The van der Waals surface area contributed by atoms with Gasteiger partial charge in [0.15, 0.2) is 0 Å². The molecule has 15 rings (SSSR count). The fourth-order valence-electron chi connectivity index (χ4n) is 13.7. The Morgan fingerprint density at radius 2 is 0.652 bits per heavy atom. The van der Waals surface area contributed by atoms with E-state index in [1.807, 2.05) is 6.92 Å². The Morgan fingerprint density at radius 1 is 0.383 bits per heavy atom. The largest absolute Gasteiger partial charge is 0.354 e. The van der Waals surface area contributed by atoms with Gasteiger partial charge in [0.25, 0.3) is 32.7 Å². The lowest BCUT2D eigenvalue weighted by molar-refractivity contribution is -0.131. The van der Waals surface area contributed by atoms with Gasteiger partial charge >= 0.3 is 29.5 Å². The van der Waals surface area contributed by atoms with E-state index in [1.54, 1.807) is 54.7 Å². The molecule has 0 unspecified atom stereocenters. The van der Waals surface area contributed by atoms with Crippen LogP contribution in [0.2, 0.25) is 0 Å². The molecule has 0 spiro atoms. The molecular weight excluding hydrogens is 1460 g/mol. The first kappa shape index (κ1) is 51.5. The van der Waals surface area contributed by atoms with Crippen LogP contribution < -0.4 is 24.5 Å². The number of aromatic nitrogens is 15. The number of hydrogen-bond donors (Lipinski definition) is 5. The second-order valence-electron chi connectivity index (χ2n) is 27.1. The number of aromatic amines is 5. The zero-order valence-corrected chi connectivity index (χ0v) is 62.6. The fourth-order valence-corrected chi connectivity index (χ4v) is 13.7. The van der Waals surface area contributed by atoms with Gasteiger partial charge in [-0.3, -0.25) is 24.0 Å². The molecule has 5 aliphatic rings. The normalized spacial score (nSPS) is 28.3. The van der Waals surface area contributed by atoms with Gasteiger partial charge in [-0.15, -0.1) is 0 Å². The number of piperidine rings is 5. The van der Waals surface area contributed by atoms with Crippen molar-refractivity contribution in [3.8, 4) is 0 Å². The summed E-state index contributed by atoms with van der Waals surface area (Å²) in [4.78, 5) is 143. The summed E-state index contributed by atoms with van der Waals surface area (Å²) in [6, 6.07) is 1.81. The highest BCUT2D eigenvalue weighted by atomic mass is 16.2. The first-order chi connectivity index (χ1) is 67.4. The minimum atomic E-state index is -2.95. The van der Waals surface area contributed by atoms with Crippen LogP contribution in [0.4, 0.5) is 29.1 Å². The molecule has 10 aromatic heterocycles. The highest BCUT2D eigenvalue weighted by Crippen LogP contribution is 2.35. The summed E-state index contributed by atoms with van der Waals surface area (Å²) in [5, 5.41) is 1.97. The highest BCUT2D eigenvalue weighted by Gasteiger charge is 2.39. The third-order valence-electron chi connectivity index (χ3n) is 20.2. The van der Waals surface area contributed by atoms with Crippen LogP contribution in [0.25, 0.3) is 79.4 Å². The number of rotatable bonds is 15. The zero-order valence-electron chi connectivity index (χ0n) is 92.6. The monoisotopic (exact) mass is 1590 g/mol. The summed E-state index contributed by atoms with van der Waals surface area (Å²) in [5.41, 5.74) is 1.50. The lowest BCUT2D eigenvalue weighted by Crippen LogP contribution is -2.53. The maximum Gasteiger partial charge on any atom is 0.302 e. The van der Waals surface area contributed by atoms with Crippen LogP contribution in [0.5, 0.6) is 0 Å². The molecule has 0 aromatic carbocycles. The molecule has 5 saturated heterocycles. The molecule has 35 heteroatoms. The molecule has 0 saturated carbocycles. The van der Waals surface area contributed by atoms with Crippen molar-refractivity contribution in [1.82, 2.24) is 99.3 Å². The van der Waals surface area contributed by atoms with E-state index in [0.29, 0.717) is 51.5 Å². The Labute approximate surface area is 710 Å². The molecule has 5 N–H and O–H groups in total. The first-order valence-electron chi connectivity index (χ1n) is 51.0. The Morgan fingerprint density at radius 3 is 0.974 bits per heavy atom. The Balaban J connectivity index is 0.000000173. The number of likely N-dealkylation sites (N-methyl/N-ethyl adjacent to an activating group) is 5. The lowest BCUT2D eigenvalue weighted by atomic mass is 9.92. The number of likely N-dealkylation sites (tertiary alicyclic amines) is 5. The van der Waals surface area contributed by atoms with E-state index in [4.69, 9.17) is 74.0 Å². The van der Waals surface area contributed by atoms with Gasteiger partial charge < -0.3 is 98.1 Å². The Bertz CT molecular complexity index is 6620. The molecule has 10 atom stereocenters. The second-order valence-corrected chi connectivity index (χ2v) is 27.1. The molecule has 115 heavy (non-hydrogen) atoms. The van der Waals surface area contributed by atoms with Crippen LogP contribution >= 0.6 is 0 Å². The molecule has 0 aliphatic carbocycles. The van der Waals surface area contributed by atoms with Gasteiger partial charge in [-0.2, -0.15) is 0 Å². The van der Waals surface area contributed by atoms with Crippen molar-refractivity contribution in [2.24, 2.45) is 29.5 Å². The molecule has 15 heterocycles. The minimum Gasteiger partial charge on any atom is -0.354 e. The van der Waals surface area contributed by atoms with Gasteiger partial charge in [-0.05, 0) is 92.0 Å². The van der Waals surface area contributed by atoms with E-state index in [2.05, 4.69) is 99.0 Å². The van der Waals surface area contributed by atoms with E-state index in [0.717, 1.165) is 14.7 Å². The standard InChI is InChI=1S/5C16H20N6O/c5*1-11-5-7-22(14(23)8-17-2)9-13(11)21(3)16-12-4-6-18-15(12)19-10-20-16/h5*4,6,10-11,13H,5,7-9H2,1,3H3,(H,18,19,20)/t5*11-,13+/m11111/s1/i1D3,10D,11D,13D;1D3,3D3,10D,11D;3D3,10D,11D;1D3,3D3,10D;3D3,10D. The maximum atomic E-state index is 12.3. The summed E-state index contributed by atoms with van der Waals surface area (Å²) in [5.74, 6) is -9.01. The quantitative estimate of drug-likeness (QED) is 0.0612. The van der Waals surface area contributed by atoms with Crippen LogP contribution in [-0.2, 0) is 24.0 Å². The number of carbonyl (C=O) groups excluding carboxylic acids is 5. The third-order valence-corrected chi connectivity index (χ3v) is 20.2. The van der Waals surface area contributed by atoms with Crippen molar-refractivity contribution < 1.29 is 65.1 Å². The van der Waals surface area contributed by atoms with E-state index in [1.165, 1.54) is 54.9 Å². The topological polar surface area (TPSA) is 347 Å². The third kappa shape index (κ3) is 19.2. The summed E-state index contributed by atoms with van der Waals surface area (Å²) < 4.78 is 243. The molecule has 35 nitrogen and oxygen atoms in total. The van der Waals surface area contributed by atoms with Crippen molar-refractivity contribution in [3.05, 3.63) is 150 Å².